The van der Waals surface area contributed by atoms with Crippen LogP contribution in [0.3, 0.4) is 0 Å². The number of halogens is 1. The lowest BCUT2D eigenvalue weighted by Crippen LogP contribution is -2.49. The van der Waals surface area contributed by atoms with Crippen LogP contribution in [-0.4, -0.2) is 34.1 Å². The van der Waals surface area contributed by atoms with E-state index in [9.17, 15) is 9.18 Å². The van der Waals surface area contributed by atoms with Crippen molar-refractivity contribution in [3.05, 3.63) is 48.4 Å². The Bertz CT molecular complexity index is 953. The van der Waals surface area contributed by atoms with Crippen LogP contribution in [0.4, 0.5) is 27.5 Å². The molecule has 1 amide bonds. The van der Waals surface area contributed by atoms with Crippen LogP contribution in [-0.2, 0) is 0 Å². The number of carbonyl (C=O) groups is 1. The van der Waals surface area contributed by atoms with Crippen molar-refractivity contribution in [3.8, 4) is 0 Å². The number of hydrogen-bond donors (Lipinski definition) is 6. The summed E-state index contributed by atoms with van der Waals surface area (Å²) < 4.78 is 13.9. The van der Waals surface area contributed by atoms with Gasteiger partial charge in [-0.1, -0.05) is 6.07 Å². The van der Waals surface area contributed by atoms with Crippen LogP contribution in [0.5, 0.6) is 0 Å². The van der Waals surface area contributed by atoms with Crippen LogP contribution in [0.1, 0.15) is 29.6 Å². The van der Waals surface area contributed by atoms with Gasteiger partial charge in [-0.2, -0.15) is 4.98 Å². The maximum absolute atomic E-state index is 13.9. The first-order chi connectivity index (χ1) is 14.5. The summed E-state index contributed by atoms with van der Waals surface area (Å²) in [6.45, 7) is 0. The summed E-state index contributed by atoms with van der Waals surface area (Å²) in [6, 6.07) is 6.55. The molecule has 2 heterocycles. The molecule has 0 radical (unpaired) electrons. The van der Waals surface area contributed by atoms with Gasteiger partial charge in [-0.25, -0.2) is 9.37 Å². The van der Waals surface area contributed by atoms with Crippen LogP contribution in [0.15, 0.2) is 42.9 Å². The number of rotatable bonds is 6. The van der Waals surface area contributed by atoms with Crippen molar-refractivity contribution < 1.29 is 9.18 Å². The van der Waals surface area contributed by atoms with E-state index < -0.39 is 18.1 Å². The summed E-state index contributed by atoms with van der Waals surface area (Å²) in [4.78, 5) is 20.4. The molecular formula is C19H24FN9O. The molecule has 1 saturated carbocycles. The highest BCUT2D eigenvalue weighted by Gasteiger charge is 2.31. The van der Waals surface area contributed by atoms with Gasteiger partial charge in [0.2, 0.25) is 5.95 Å². The van der Waals surface area contributed by atoms with E-state index in [1.807, 2.05) is 30.5 Å². The Labute approximate surface area is 172 Å². The second-order valence-electron chi connectivity index (χ2n) is 7.21. The van der Waals surface area contributed by atoms with Crippen LogP contribution in [0.25, 0.3) is 0 Å². The van der Waals surface area contributed by atoms with Gasteiger partial charge in [0.15, 0.2) is 0 Å². The second kappa shape index (κ2) is 8.51. The number of hydrogen-bond acceptors (Lipinski definition) is 9. The first kappa shape index (κ1) is 19.9. The van der Waals surface area contributed by atoms with E-state index >= 15 is 0 Å². The molecule has 30 heavy (non-hydrogen) atoms. The quantitative estimate of drug-likeness (QED) is 0.412. The molecule has 1 aliphatic heterocycles. The third-order valence-electron chi connectivity index (χ3n) is 5.13. The van der Waals surface area contributed by atoms with E-state index in [0.29, 0.717) is 12.1 Å². The van der Waals surface area contributed by atoms with E-state index in [1.165, 1.54) is 6.20 Å². The molecule has 0 spiro atoms. The smallest absolute Gasteiger partial charge is 0.254 e. The molecule has 1 aromatic heterocycles. The molecule has 11 heteroatoms. The van der Waals surface area contributed by atoms with E-state index in [2.05, 4.69) is 31.6 Å². The molecule has 0 unspecified atom stereocenters. The summed E-state index contributed by atoms with van der Waals surface area (Å²) in [6.07, 6.45) is 5.78. The molecule has 3 atom stereocenters. The number of nitrogens with two attached hydrogens (primary N) is 2. The van der Waals surface area contributed by atoms with Crippen molar-refractivity contribution >= 4 is 29.0 Å². The number of hydrazine groups is 2. The first-order valence-electron chi connectivity index (χ1n) is 9.68. The molecule has 10 nitrogen and oxygen atoms in total. The predicted octanol–water partition coefficient (Wildman–Crippen LogP) is 1.25. The average molecular weight is 413 g/mol. The molecule has 158 valence electrons. The van der Waals surface area contributed by atoms with E-state index in [0.717, 1.165) is 18.5 Å². The number of carbonyl (C=O) groups excluding carboxylic acids is 1. The lowest BCUT2D eigenvalue weighted by molar-refractivity contribution is 0.100. The highest BCUT2D eigenvalue weighted by atomic mass is 19.1. The molecule has 8 N–H and O–H groups in total. The summed E-state index contributed by atoms with van der Waals surface area (Å²) in [7, 11) is 0. The van der Waals surface area contributed by atoms with E-state index in [1.54, 1.807) is 11.2 Å². The number of nitrogens with zero attached hydrogens (tertiary/aromatic N) is 3. The summed E-state index contributed by atoms with van der Waals surface area (Å²) in [5.41, 5.74) is 19.0. The maximum Gasteiger partial charge on any atom is 0.254 e. The molecule has 0 saturated heterocycles. The molecule has 0 bridgehead atoms. The fraction of sp³-hybridized carbons (Fsp3) is 0.316. The highest BCUT2D eigenvalue weighted by Crippen LogP contribution is 2.26. The van der Waals surface area contributed by atoms with Crippen molar-refractivity contribution in [1.29, 1.82) is 0 Å². The fourth-order valence-corrected chi connectivity index (χ4v) is 3.51. The molecule has 1 aliphatic carbocycles. The minimum atomic E-state index is -1.07. The monoisotopic (exact) mass is 413 g/mol. The van der Waals surface area contributed by atoms with Crippen molar-refractivity contribution in [2.24, 2.45) is 11.5 Å². The van der Waals surface area contributed by atoms with Crippen LogP contribution in [0.2, 0.25) is 0 Å². The molecule has 1 fully saturated rings. The Hall–Kier alpha value is -3.44. The van der Waals surface area contributed by atoms with Crippen molar-refractivity contribution in [1.82, 2.24) is 20.9 Å². The van der Waals surface area contributed by atoms with Gasteiger partial charge in [0.05, 0.1) is 11.7 Å². The van der Waals surface area contributed by atoms with Crippen LogP contribution in [0, 0.1) is 0 Å². The zero-order valence-electron chi connectivity index (χ0n) is 16.2. The van der Waals surface area contributed by atoms with Crippen LogP contribution < -0.4 is 38.1 Å². The minimum Gasteiger partial charge on any atom is -0.365 e. The number of nitrogens with one attached hydrogen (secondary N) is 4. The number of anilines is 4. The van der Waals surface area contributed by atoms with Crippen molar-refractivity contribution in [2.75, 3.05) is 15.6 Å². The number of alkyl halides is 1. The van der Waals surface area contributed by atoms with Gasteiger partial charge in [0, 0.05) is 30.3 Å². The largest absolute Gasteiger partial charge is 0.365 e. The third kappa shape index (κ3) is 4.26. The Morgan fingerprint density at radius 1 is 1.33 bits per heavy atom. The number of benzene rings is 1. The molecular weight excluding hydrogens is 389 g/mol. The normalized spacial score (nSPS) is 23.1. The summed E-state index contributed by atoms with van der Waals surface area (Å²) in [5, 5.41) is 8.00. The van der Waals surface area contributed by atoms with Gasteiger partial charge >= 0.3 is 0 Å². The molecule has 2 aliphatic rings. The second-order valence-corrected chi connectivity index (χ2v) is 7.21. The highest BCUT2D eigenvalue weighted by molar-refractivity contribution is 5.98. The first-order valence-corrected chi connectivity index (χ1v) is 9.68. The van der Waals surface area contributed by atoms with Gasteiger partial charge < -0.3 is 27.5 Å². The summed E-state index contributed by atoms with van der Waals surface area (Å²) in [5.74, 6) is -0.158. The Morgan fingerprint density at radius 2 is 2.20 bits per heavy atom. The Morgan fingerprint density at radius 3 is 2.97 bits per heavy atom. The Balaban J connectivity index is 1.57. The van der Waals surface area contributed by atoms with Gasteiger partial charge in [-0.3, -0.25) is 9.80 Å². The van der Waals surface area contributed by atoms with Crippen molar-refractivity contribution in [2.45, 2.75) is 37.5 Å². The predicted molar refractivity (Wildman–Crippen MR) is 112 cm³/mol. The number of aromatic nitrogens is 2. The molecule has 4 rings (SSSR count). The van der Waals surface area contributed by atoms with Crippen LogP contribution >= 0.6 is 0 Å². The molecule has 1 aromatic carbocycles. The maximum atomic E-state index is 13.9. The topological polar surface area (TPSA) is 146 Å². The standard InChI is InChI=1S/C19H24FN9O/c20-14-5-2-6-15(16(14)21)26-19-23-10-13(17(22)30)18(27-19)25-11-3-1-4-12(9-11)29-8-7-24-28-29/h1,3-4,7-10,14-16,24,28H,2,5-6,21H2,(H2,22,30)(H2,23,25,26,27)/t14-,15+,16-/m0/s1. The zero-order valence-corrected chi connectivity index (χ0v) is 16.2. The van der Waals surface area contributed by atoms with Gasteiger partial charge in [-0.15, -0.1) is 5.53 Å². The average Bonchev–Trinajstić information content (AvgIpc) is 3.27. The van der Waals surface area contributed by atoms with Gasteiger partial charge in [0.25, 0.3) is 5.91 Å². The van der Waals surface area contributed by atoms with Crippen molar-refractivity contribution in [3.63, 3.8) is 0 Å². The number of amides is 1. The minimum absolute atomic E-state index is 0.142. The Kier molecular flexibility index (Phi) is 5.63. The van der Waals surface area contributed by atoms with Gasteiger partial charge in [-0.05, 0) is 37.5 Å². The van der Waals surface area contributed by atoms with E-state index in [4.69, 9.17) is 11.5 Å². The third-order valence-corrected chi connectivity index (χ3v) is 5.13. The lowest BCUT2D eigenvalue weighted by Gasteiger charge is -2.32. The zero-order chi connectivity index (χ0) is 21.1. The SMILES string of the molecule is NC(=O)c1cnc(N[C@@H]2CCC[C@H](F)[C@@H]2N)nc1Nc1cccc(N2C=CNN2)c1. The number of primary amides is 1. The van der Waals surface area contributed by atoms with E-state index in [-0.39, 0.29) is 23.4 Å². The van der Waals surface area contributed by atoms with Gasteiger partial charge in [0.1, 0.15) is 17.6 Å². The fourth-order valence-electron chi connectivity index (χ4n) is 3.51. The molecule has 2 aromatic rings. The lowest BCUT2D eigenvalue weighted by atomic mass is 9.89. The summed E-state index contributed by atoms with van der Waals surface area (Å²) >= 11 is 0.